The van der Waals surface area contributed by atoms with Gasteiger partial charge in [0.2, 0.25) is 11.2 Å². The summed E-state index contributed by atoms with van der Waals surface area (Å²) in [5, 5.41) is 0.872. The molecule has 12 heavy (non-hydrogen) atoms. The highest BCUT2D eigenvalue weighted by molar-refractivity contribution is 7.98. The van der Waals surface area contributed by atoms with Crippen LogP contribution in [-0.4, -0.2) is 35.3 Å². The quantitative estimate of drug-likeness (QED) is 0.680. The van der Waals surface area contributed by atoms with Crippen LogP contribution < -0.4 is 4.90 Å². The van der Waals surface area contributed by atoms with Crippen molar-refractivity contribution >= 4 is 29.3 Å². The van der Waals surface area contributed by atoms with E-state index in [4.69, 9.17) is 11.6 Å². The predicted octanol–water partition coefficient (Wildman–Crippen LogP) is 1.31. The Balaban J connectivity index is 3.06. The van der Waals surface area contributed by atoms with Gasteiger partial charge in [-0.3, -0.25) is 0 Å². The zero-order valence-electron chi connectivity index (χ0n) is 7.08. The second kappa shape index (κ2) is 3.91. The van der Waals surface area contributed by atoms with E-state index >= 15 is 0 Å². The monoisotopic (exact) mass is 204 g/mol. The van der Waals surface area contributed by atoms with E-state index in [1.165, 1.54) is 11.8 Å². The molecule has 6 heteroatoms. The lowest BCUT2D eigenvalue weighted by Gasteiger charge is -2.09. The molecule has 0 unspecified atom stereocenters. The van der Waals surface area contributed by atoms with Gasteiger partial charge in [0.15, 0.2) is 5.16 Å². The number of thioether (sulfide) groups is 1. The fourth-order valence-electron chi connectivity index (χ4n) is 0.613. The first-order chi connectivity index (χ1) is 5.63. The van der Waals surface area contributed by atoms with E-state index in [2.05, 4.69) is 15.0 Å². The van der Waals surface area contributed by atoms with Crippen LogP contribution in [0.3, 0.4) is 0 Å². The molecule has 0 aromatic carbocycles. The molecule has 1 rings (SSSR count). The first kappa shape index (κ1) is 9.54. The fourth-order valence-corrected chi connectivity index (χ4v) is 1.17. The lowest BCUT2D eigenvalue weighted by Crippen LogP contribution is -2.13. The molecule has 0 aliphatic rings. The van der Waals surface area contributed by atoms with E-state index in [0.29, 0.717) is 11.1 Å². The first-order valence-corrected chi connectivity index (χ1v) is 4.86. The SMILES string of the molecule is CSc1nc(Cl)nc(N(C)C)n1. The fraction of sp³-hybridized carbons (Fsp3) is 0.500. The van der Waals surface area contributed by atoms with E-state index in [9.17, 15) is 0 Å². The molecule has 0 N–H and O–H groups in total. The van der Waals surface area contributed by atoms with Gasteiger partial charge in [0, 0.05) is 14.1 Å². The summed E-state index contributed by atoms with van der Waals surface area (Å²) in [4.78, 5) is 13.8. The van der Waals surface area contributed by atoms with Crippen LogP contribution in [0.25, 0.3) is 0 Å². The lowest BCUT2D eigenvalue weighted by atomic mass is 10.8. The molecule has 1 aromatic rings. The highest BCUT2D eigenvalue weighted by Crippen LogP contribution is 2.14. The van der Waals surface area contributed by atoms with Crippen LogP contribution in [0.1, 0.15) is 0 Å². The molecule has 0 atom stereocenters. The summed E-state index contributed by atoms with van der Waals surface area (Å²) in [5.74, 6) is 0.583. The lowest BCUT2D eigenvalue weighted by molar-refractivity contribution is 0.867. The zero-order chi connectivity index (χ0) is 9.14. The molecule has 0 bridgehead atoms. The minimum Gasteiger partial charge on any atom is -0.347 e. The Morgan fingerprint density at radius 3 is 2.42 bits per heavy atom. The number of anilines is 1. The van der Waals surface area contributed by atoms with Crippen molar-refractivity contribution in [1.82, 2.24) is 15.0 Å². The molecule has 0 aliphatic heterocycles. The second-order valence-electron chi connectivity index (χ2n) is 2.29. The van der Waals surface area contributed by atoms with Gasteiger partial charge < -0.3 is 4.90 Å². The third-order valence-electron chi connectivity index (χ3n) is 1.16. The molecule has 0 aliphatic carbocycles. The maximum atomic E-state index is 5.67. The average molecular weight is 205 g/mol. The van der Waals surface area contributed by atoms with Crippen molar-refractivity contribution in [1.29, 1.82) is 0 Å². The minimum absolute atomic E-state index is 0.234. The maximum Gasteiger partial charge on any atom is 0.230 e. The van der Waals surface area contributed by atoms with Gasteiger partial charge >= 0.3 is 0 Å². The van der Waals surface area contributed by atoms with Crippen molar-refractivity contribution in [3.8, 4) is 0 Å². The predicted molar refractivity (Wildman–Crippen MR) is 50.9 cm³/mol. The van der Waals surface area contributed by atoms with Crippen LogP contribution in [0.4, 0.5) is 5.95 Å². The van der Waals surface area contributed by atoms with Crippen molar-refractivity contribution in [2.45, 2.75) is 5.16 Å². The summed E-state index contributed by atoms with van der Waals surface area (Å²) < 4.78 is 0. The largest absolute Gasteiger partial charge is 0.347 e. The molecule has 4 nitrogen and oxygen atoms in total. The smallest absolute Gasteiger partial charge is 0.230 e. The van der Waals surface area contributed by atoms with Crippen molar-refractivity contribution in [3.05, 3.63) is 5.28 Å². The van der Waals surface area contributed by atoms with E-state index in [-0.39, 0.29) is 5.28 Å². The molecule has 0 amide bonds. The van der Waals surface area contributed by atoms with E-state index < -0.39 is 0 Å². The summed E-state index contributed by atoms with van der Waals surface area (Å²) in [6, 6.07) is 0. The van der Waals surface area contributed by atoms with Crippen molar-refractivity contribution in [2.24, 2.45) is 0 Å². The normalized spacial score (nSPS) is 10.0. The molecule has 1 heterocycles. The number of rotatable bonds is 2. The summed E-state index contributed by atoms with van der Waals surface area (Å²) in [6.45, 7) is 0. The van der Waals surface area contributed by atoms with Gasteiger partial charge in [-0.1, -0.05) is 11.8 Å². The number of hydrogen-bond donors (Lipinski definition) is 0. The van der Waals surface area contributed by atoms with Crippen LogP contribution in [0, 0.1) is 0 Å². The first-order valence-electron chi connectivity index (χ1n) is 3.26. The van der Waals surface area contributed by atoms with Crippen LogP contribution in [0.5, 0.6) is 0 Å². The summed E-state index contributed by atoms with van der Waals surface area (Å²) >= 11 is 7.11. The number of aromatic nitrogens is 3. The zero-order valence-corrected chi connectivity index (χ0v) is 8.65. The Morgan fingerprint density at radius 2 is 1.92 bits per heavy atom. The van der Waals surface area contributed by atoms with Gasteiger partial charge in [0.05, 0.1) is 0 Å². The summed E-state index contributed by atoms with van der Waals surface area (Å²) in [7, 11) is 3.71. The van der Waals surface area contributed by atoms with Crippen molar-refractivity contribution in [2.75, 3.05) is 25.3 Å². The minimum atomic E-state index is 0.234. The summed E-state index contributed by atoms with van der Waals surface area (Å²) in [6.07, 6.45) is 1.89. The van der Waals surface area contributed by atoms with Crippen LogP contribution >= 0.6 is 23.4 Å². The Bertz CT molecular complexity index is 278. The molecule has 0 saturated carbocycles. The molecule has 0 radical (unpaired) electrons. The van der Waals surface area contributed by atoms with Crippen LogP contribution in [0.15, 0.2) is 5.16 Å². The van der Waals surface area contributed by atoms with Gasteiger partial charge in [-0.25, -0.2) is 0 Å². The van der Waals surface area contributed by atoms with E-state index in [1.807, 2.05) is 20.4 Å². The van der Waals surface area contributed by atoms with E-state index in [0.717, 1.165) is 0 Å². The standard InChI is InChI=1S/C6H9ClN4S/c1-11(2)5-8-4(7)9-6(10-5)12-3/h1-3H3. The van der Waals surface area contributed by atoms with Gasteiger partial charge in [-0.15, -0.1) is 0 Å². The Hall–Kier alpha value is -0.550. The van der Waals surface area contributed by atoms with Gasteiger partial charge in [-0.05, 0) is 17.9 Å². The summed E-state index contributed by atoms with van der Waals surface area (Å²) in [5.41, 5.74) is 0. The highest BCUT2D eigenvalue weighted by Gasteiger charge is 2.04. The van der Waals surface area contributed by atoms with Gasteiger partial charge in [0.1, 0.15) is 0 Å². The topological polar surface area (TPSA) is 41.9 Å². The number of hydrogen-bond acceptors (Lipinski definition) is 5. The third-order valence-corrected chi connectivity index (χ3v) is 1.88. The molecule has 0 saturated heterocycles. The average Bonchev–Trinajstić information content (AvgIpc) is 2.03. The third kappa shape index (κ3) is 2.22. The van der Waals surface area contributed by atoms with Gasteiger partial charge in [-0.2, -0.15) is 15.0 Å². The molecular weight excluding hydrogens is 196 g/mol. The number of halogens is 1. The molecular formula is C6H9ClN4S. The maximum absolute atomic E-state index is 5.67. The van der Waals surface area contributed by atoms with E-state index in [1.54, 1.807) is 4.90 Å². The Labute approximate surface area is 80.4 Å². The highest BCUT2D eigenvalue weighted by atomic mass is 35.5. The molecule has 1 aromatic heterocycles. The Morgan fingerprint density at radius 1 is 1.25 bits per heavy atom. The number of nitrogens with zero attached hydrogens (tertiary/aromatic N) is 4. The molecule has 0 fully saturated rings. The van der Waals surface area contributed by atoms with Crippen molar-refractivity contribution in [3.63, 3.8) is 0 Å². The van der Waals surface area contributed by atoms with Gasteiger partial charge in [0.25, 0.3) is 0 Å². The van der Waals surface area contributed by atoms with Crippen molar-refractivity contribution < 1.29 is 0 Å². The Kier molecular flexibility index (Phi) is 3.11. The molecule has 66 valence electrons. The van der Waals surface area contributed by atoms with Crippen LogP contribution in [0.2, 0.25) is 5.28 Å². The molecule has 0 spiro atoms. The van der Waals surface area contributed by atoms with Crippen LogP contribution in [-0.2, 0) is 0 Å². The second-order valence-corrected chi connectivity index (χ2v) is 3.40.